The third kappa shape index (κ3) is 3.92. The highest BCUT2D eigenvalue weighted by atomic mass is 79.9. The van der Waals surface area contributed by atoms with Crippen LogP contribution in [-0.4, -0.2) is 15.8 Å². The quantitative estimate of drug-likeness (QED) is 0.554. The van der Waals surface area contributed by atoms with Gasteiger partial charge in [-0.1, -0.05) is 64.5 Å². The molecule has 2 aromatic carbocycles. The molecule has 3 nitrogen and oxygen atoms in total. The van der Waals surface area contributed by atoms with Gasteiger partial charge in [0.1, 0.15) is 0 Å². The molecule has 1 aliphatic rings. The molecule has 2 atom stereocenters. The van der Waals surface area contributed by atoms with Gasteiger partial charge in [0.15, 0.2) is 0 Å². The van der Waals surface area contributed by atoms with Crippen molar-refractivity contribution in [2.75, 3.05) is 0 Å². The fraction of sp³-hybridized carbons (Fsp3) is 0.261. The largest absolute Gasteiger partial charge is 0.306 e. The first kappa shape index (κ1) is 18.2. The van der Waals surface area contributed by atoms with Gasteiger partial charge in [-0.25, -0.2) is 4.68 Å². The van der Waals surface area contributed by atoms with Crippen molar-refractivity contribution in [1.29, 1.82) is 0 Å². The Hall–Kier alpha value is -2.17. The molecule has 0 saturated carbocycles. The minimum absolute atomic E-state index is 0.406. The Balaban J connectivity index is 1.49. The van der Waals surface area contributed by atoms with Crippen LogP contribution in [0.1, 0.15) is 34.9 Å². The second kappa shape index (κ2) is 7.83. The average molecular weight is 422 g/mol. The van der Waals surface area contributed by atoms with Crippen molar-refractivity contribution in [1.82, 2.24) is 15.1 Å². The summed E-state index contributed by atoms with van der Waals surface area (Å²) in [6, 6.07) is 19.3. The minimum atomic E-state index is 0.406. The lowest BCUT2D eigenvalue weighted by Gasteiger charge is -2.15. The summed E-state index contributed by atoms with van der Waals surface area (Å²) in [6.45, 7) is 5.20. The Labute approximate surface area is 169 Å². The number of benzene rings is 2. The van der Waals surface area contributed by atoms with Crippen LogP contribution in [0.25, 0.3) is 5.69 Å². The van der Waals surface area contributed by atoms with E-state index in [1.54, 1.807) is 0 Å². The number of hydrogen-bond acceptors (Lipinski definition) is 2. The first-order valence-electron chi connectivity index (χ1n) is 9.39. The lowest BCUT2D eigenvalue weighted by atomic mass is 9.96. The van der Waals surface area contributed by atoms with Gasteiger partial charge in [-0.3, -0.25) is 0 Å². The van der Waals surface area contributed by atoms with Crippen LogP contribution in [0.5, 0.6) is 0 Å². The molecule has 4 heteroatoms. The summed E-state index contributed by atoms with van der Waals surface area (Å²) in [6.07, 6.45) is 5.73. The smallest absolute Gasteiger partial charge is 0.0660 e. The summed E-state index contributed by atoms with van der Waals surface area (Å²) >= 11 is 3.56. The topological polar surface area (TPSA) is 29.9 Å². The van der Waals surface area contributed by atoms with Gasteiger partial charge in [0.2, 0.25) is 0 Å². The van der Waals surface area contributed by atoms with Gasteiger partial charge in [-0.2, -0.15) is 5.10 Å². The van der Waals surface area contributed by atoms with E-state index in [9.17, 15) is 0 Å². The summed E-state index contributed by atoms with van der Waals surface area (Å²) in [5, 5.41) is 8.49. The van der Waals surface area contributed by atoms with Gasteiger partial charge in [0.05, 0.1) is 11.4 Å². The molecule has 0 fully saturated rings. The number of allylic oxidation sites excluding steroid dienone is 1. The number of rotatable bonds is 5. The van der Waals surface area contributed by atoms with Crippen molar-refractivity contribution in [2.24, 2.45) is 0 Å². The number of aryl methyl sites for hydroxylation is 1. The van der Waals surface area contributed by atoms with Crippen LogP contribution in [0.15, 0.2) is 71.2 Å². The van der Waals surface area contributed by atoms with E-state index in [1.165, 1.54) is 16.8 Å². The second-order valence-electron chi connectivity index (χ2n) is 7.18. The molecule has 0 saturated heterocycles. The Kier molecular flexibility index (Phi) is 5.28. The zero-order valence-corrected chi connectivity index (χ0v) is 17.3. The van der Waals surface area contributed by atoms with Crippen LogP contribution in [0.4, 0.5) is 0 Å². The number of halogens is 1. The molecule has 1 aromatic heterocycles. The maximum Gasteiger partial charge on any atom is 0.0660 e. The van der Waals surface area contributed by atoms with Gasteiger partial charge < -0.3 is 5.32 Å². The SMILES string of the molecule is Cc1nn(-c2cccc(Br)c2)c(C)c1[C@@H]1C=C[C@@H](NCc2ccccc2)C1. The molecular weight excluding hydrogens is 398 g/mol. The van der Waals surface area contributed by atoms with Crippen molar-refractivity contribution in [3.8, 4) is 5.69 Å². The van der Waals surface area contributed by atoms with E-state index in [4.69, 9.17) is 5.10 Å². The first-order chi connectivity index (χ1) is 13.1. The molecular formula is C23H24BrN3. The van der Waals surface area contributed by atoms with E-state index < -0.39 is 0 Å². The zero-order chi connectivity index (χ0) is 18.8. The fourth-order valence-electron chi connectivity index (χ4n) is 3.96. The predicted molar refractivity (Wildman–Crippen MR) is 114 cm³/mol. The lowest BCUT2D eigenvalue weighted by molar-refractivity contribution is 0.559. The molecule has 138 valence electrons. The summed E-state index contributed by atoms with van der Waals surface area (Å²) in [7, 11) is 0. The number of aromatic nitrogens is 2. The van der Waals surface area contributed by atoms with Crippen LogP contribution in [0.2, 0.25) is 0 Å². The molecule has 3 aromatic rings. The summed E-state index contributed by atoms with van der Waals surface area (Å²) in [4.78, 5) is 0. The normalized spacial score (nSPS) is 18.9. The molecule has 0 spiro atoms. The molecule has 1 aliphatic carbocycles. The Morgan fingerprint density at radius 1 is 1.07 bits per heavy atom. The highest BCUT2D eigenvalue weighted by Crippen LogP contribution is 2.34. The summed E-state index contributed by atoms with van der Waals surface area (Å²) in [5.41, 5.74) is 6.12. The Morgan fingerprint density at radius 3 is 2.67 bits per heavy atom. The van der Waals surface area contributed by atoms with Crippen LogP contribution >= 0.6 is 15.9 Å². The number of hydrogen-bond donors (Lipinski definition) is 1. The van der Waals surface area contributed by atoms with Crippen LogP contribution in [0, 0.1) is 13.8 Å². The summed E-state index contributed by atoms with van der Waals surface area (Å²) in [5.74, 6) is 0.416. The molecule has 1 N–H and O–H groups in total. The average Bonchev–Trinajstić information content (AvgIpc) is 3.25. The van der Waals surface area contributed by atoms with Crippen molar-refractivity contribution in [2.45, 2.75) is 38.8 Å². The monoisotopic (exact) mass is 421 g/mol. The summed E-state index contributed by atoms with van der Waals surface area (Å²) < 4.78 is 3.13. The maximum atomic E-state index is 4.83. The molecule has 1 heterocycles. The van der Waals surface area contributed by atoms with Crippen LogP contribution in [0.3, 0.4) is 0 Å². The standard InChI is InChI=1S/C23H24BrN3/c1-16-23(17(2)27(26-16)22-10-6-9-20(24)14-22)19-11-12-21(13-19)25-15-18-7-4-3-5-8-18/h3-12,14,19,21,25H,13,15H2,1-2H3/t19-,21-/m1/s1. The van der Waals surface area contributed by atoms with E-state index in [0.717, 1.165) is 28.8 Å². The zero-order valence-electron chi connectivity index (χ0n) is 15.7. The Bertz CT molecular complexity index is 959. The van der Waals surface area contributed by atoms with Crippen molar-refractivity contribution >= 4 is 15.9 Å². The van der Waals surface area contributed by atoms with Crippen molar-refractivity contribution in [3.05, 3.63) is 93.7 Å². The van der Waals surface area contributed by atoms with E-state index in [1.807, 2.05) is 6.07 Å². The first-order valence-corrected chi connectivity index (χ1v) is 10.2. The van der Waals surface area contributed by atoms with Gasteiger partial charge in [0, 0.05) is 34.2 Å². The maximum absolute atomic E-state index is 4.83. The fourth-order valence-corrected chi connectivity index (χ4v) is 4.35. The predicted octanol–water partition coefficient (Wildman–Crippen LogP) is 5.45. The van der Waals surface area contributed by atoms with Crippen LogP contribution in [-0.2, 0) is 6.54 Å². The molecule has 0 amide bonds. The third-order valence-electron chi connectivity index (χ3n) is 5.27. The highest BCUT2D eigenvalue weighted by molar-refractivity contribution is 9.10. The highest BCUT2D eigenvalue weighted by Gasteiger charge is 2.26. The van der Waals surface area contributed by atoms with E-state index in [0.29, 0.717) is 12.0 Å². The molecule has 27 heavy (non-hydrogen) atoms. The van der Waals surface area contributed by atoms with E-state index in [-0.39, 0.29) is 0 Å². The van der Waals surface area contributed by atoms with Gasteiger partial charge in [0.25, 0.3) is 0 Å². The lowest BCUT2D eigenvalue weighted by Crippen LogP contribution is -2.25. The molecule has 0 aliphatic heterocycles. The van der Waals surface area contributed by atoms with Gasteiger partial charge in [-0.05, 0) is 44.0 Å². The molecule has 4 rings (SSSR count). The second-order valence-corrected chi connectivity index (χ2v) is 8.09. The number of nitrogens with zero attached hydrogens (tertiary/aromatic N) is 2. The van der Waals surface area contributed by atoms with Crippen LogP contribution < -0.4 is 5.32 Å². The number of nitrogens with one attached hydrogen (secondary N) is 1. The van der Waals surface area contributed by atoms with E-state index >= 15 is 0 Å². The molecule has 0 unspecified atom stereocenters. The molecule has 0 bridgehead atoms. The van der Waals surface area contributed by atoms with Gasteiger partial charge in [-0.15, -0.1) is 0 Å². The minimum Gasteiger partial charge on any atom is -0.306 e. The van der Waals surface area contributed by atoms with E-state index in [2.05, 4.69) is 100 Å². The van der Waals surface area contributed by atoms with Gasteiger partial charge >= 0.3 is 0 Å². The van der Waals surface area contributed by atoms with Crippen molar-refractivity contribution < 1.29 is 0 Å². The Morgan fingerprint density at radius 2 is 1.89 bits per heavy atom. The molecule has 0 radical (unpaired) electrons. The third-order valence-corrected chi connectivity index (χ3v) is 5.76. The van der Waals surface area contributed by atoms with Crippen molar-refractivity contribution in [3.63, 3.8) is 0 Å².